The van der Waals surface area contributed by atoms with Crippen molar-refractivity contribution >= 4 is 5.82 Å². The van der Waals surface area contributed by atoms with Gasteiger partial charge in [-0.2, -0.15) is 5.10 Å². The molecule has 1 atom stereocenters. The molecule has 6 nitrogen and oxygen atoms in total. The summed E-state index contributed by atoms with van der Waals surface area (Å²) in [6.07, 6.45) is 0. The molecule has 0 saturated carbocycles. The van der Waals surface area contributed by atoms with E-state index in [0.717, 1.165) is 38.5 Å². The van der Waals surface area contributed by atoms with Gasteiger partial charge in [-0.05, 0) is 13.8 Å². The third-order valence-corrected chi connectivity index (χ3v) is 3.52. The molecule has 1 aromatic rings. The number of hydrogen-bond donors (Lipinski definition) is 2. The second kappa shape index (κ2) is 6.36. The Morgan fingerprint density at radius 2 is 2.11 bits per heavy atom. The minimum atomic E-state index is 0.0946. The molecule has 0 aliphatic carbocycles. The van der Waals surface area contributed by atoms with Crippen LogP contribution < -0.4 is 10.2 Å². The van der Waals surface area contributed by atoms with Crippen LogP contribution in [0.15, 0.2) is 0 Å². The summed E-state index contributed by atoms with van der Waals surface area (Å²) in [7, 11) is 1.98. The first-order valence-electron chi connectivity index (χ1n) is 6.83. The Labute approximate surface area is 114 Å². The first-order valence-corrected chi connectivity index (χ1v) is 6.83. The lowest BCUT2D eigenvalue weighted by atomic mass is 10.2. The van der Waals surface area contributed by atoms with E-state index in [9.17, 15) is 0 Å². The molecule has 2 heterocycles. The number of aliphatic hydroxyl groups excluding tert-OH is 1. The average molecular weight is 268 g/mol. The van der Waals surface area contributed by atoms with Gasteiger partial charge in [-0.15, -0.1) is 0 Å². The molecule has 2 N–H and O–H groups in total. The van der Waals surface area contributed by atoms with E-state index < -0.39 is 0 Å². The zero-order chi connectivity index (χ0) is 13.8. The summed E-state index contributed by atoms with van der Waals surface area (Å²) >= 11 is 0. The molecule has 0 aromatic carbocycles. The number of nitrogens with one attached hydrogen (secondary N) is 1. The van der Waals surface area contributed by atoms with Crippen molar-refractivity contribution in [2.75, 3.05) is 37.8 Å². The van der Waals surface area contributed by atoms with Crippen LogP contribution in [0.25, 0.3) is 0 Å². The molecule has 1 aliphatic rings. The molecule has 108 valence electrons. The van der Waals surface area contributed by atoms with Gasteiger partial charge in [-0.25, -0.2) is 0 Å². The Balaban J connectivity index is 2.16. The van der Waals surface area contributed by atoms with Crippen LogP contribution in [0.4, 0.5) is 5.82 Å². The zero-order valence-corrected chi connectivity index (χ0v) is 12.0. The van der Waals surface area contributed by atoms with Gasteiger partial charge in [0.1, 0.15) is 5.82 Å². The van der Waals surface area contributed by atoms with Gasteiger partial charge in [0.25, 0.3) is 0 Å². The van der Waals surface area contributed by atoms with E-state index in [0.29, 0.717) is 0 Å². The molecule has 0 amide bonds. The summed E-state index contributed by atoms with van der Waals surface area (Å²) in [4.78, 5) is 2.32. The predicted molar refractivity (Wildman–Crippen MR) is 74.4 cm³/mol. The van der Waals surface area contributed by atoms with Crippen LogP contribution in [0.2, 0.25) is 0 Å². The Morgan fingerprint density at radius 1 is 1.42 bits per heavy atom. The fraction of sp³-hybridized carbons (Fsp3) is 0.769. The van der Waals surface area contributed by atoms with Crippen molar-refractivity contribution in [2.24, 2.45) is 7.05 Å². The molecule has 19 heavy (non-hydrogen) atoms. The number of anilines is 1. The van der Waals surface area contributed by atoms with Crippen LogP contribution in [0.3, 0.4) is 0 Å². The Kier molecular flexibility index (Phi) is 4.79. The highest BCUT2D eigenvalue weighted by molar-refractivity contribution is 5.50. The Morgan fingerprint density at radius 3 is 2.74 bits per heavy atom. The summed E-state index contributed by atoms with van der Waals surface area (Å²) < 4.78 is 7.35. The monoisotopic (exact) mass is 268 g/mol. The molecule has 2 rings (SSSR count). The van der Waals surface area contributed by atoms with Crippen molar-refractivity contribution < 1.29 is 9.84 Å². The van der Waals surface area contributed by atoms with Gasteiger partial charge < -0.3 is 20.1 Å². The summed E-state index contributed by atoms with van der Waals surface area (Å²) in [6, 6.07) is 0.0946. The van der Waals surface area contributed by atoms with Crippen LogP contribution in [0.1, 0.15) is 18.2 Å². The van der Waals surface area contributed by atoms with E-state index in [1.54, 1.807) is 0 Å². The van der Waals surface area contributed by atoms with Gasteiger partial charge in [-0.3, -0.25) is 4.68 Å². The smallest absolute Gasteiger partial charge is 0.131 e. The Bertz CT molecular complexity index is 413. The highest BCUT2D eigenvalue weighted by Gasteiger charge is 2.21. The van der Waals surface area contributed by atoms with Crippen molar-refractivity contribution in [3.8, 4) is 0 Å². The topological polar surface area (TPSA) is 62.5 Å². The largest absolute Gasteiger partial charge is 0.395 e. The lowest BCUT2D eigenvalue weighted by molar-refractivity contribution is 0.122. The second-order valence-corrected chi connectivity index (χ2v) is 5.08. The third-order valence-electron chi connectivity index (χ3n) is 3.52. The summed E-state index contributed by atoms with van der Waals surface area (Å²) in [5, 5.41) is 16.9. The maximum absolute atomic E-state index is 9.10. The standard InChI is InChI=1S/C13H24N4O2/c1-10(9-18)14-8-12-11(2)15-16(3)13(12)17-4-6-19-7-5-17/h10,14,18H,4-9H2,1-3H3/t10-/m0/s1. The van der Waals surface area contributed by atoms with E-state index >= 15 is 0 Å². The first kappa shape index (κ1) is 14.3. The van der Waals surface area contributed by atoms with E-state index in [1.807, 2.05) is 25.6 Å². The van der Waals surface area contributed by atoms with Gasteiger partial charge in [0.2, 0.25) is 0 Å². The van der Waals surface area contributed by atoms with E-state index in [4.69, 9.17) is 9.84 Å². The lowest BCUT2D eigenvalue weighted by Gasteiger charge is -2.29. The molecule has 1 aliphatic heterocycles. The van der Waals surface area contributed by atoms with E-state index in [2.05, 4.69) is 15.3 Å². The maximum atomic E-state index is 9.10. The first-order chi connectivity index (χ1) is 9.13. The normalized spacial score (nSPS) is 17.8. The quantitative estimate of drug-likeness (QED) is 0.789. The molecule has 1 saturated heterocycles. The fourth-order valence-corrected chi connectivity index (χ4v) is 2.41. The van der Waals surface area contributed by atoms with Gasteiger partial charge in [0.15, 0.2) is 0 Å². The molecule has 0 spiro atoms. The zero-order valence-electron chi connectivity index (χ0n) is 12.0. The molecule has 0 bridgehead atoms. The van der Waals surface area contributed by atoms with Crippen LogP contribution >= 0.6 is 0 Å². The van der Waals surface area contributed by atoms with Crippen LogP contribution in [0, 0.1) is 6.92 Å². The van der Waals surface area contributed by atoms with Crippen LogP contribution in [-0.2, 0) is 18.3 Å². The van der Waals surface area contributed by atoms with Crippen molar-refractivity contribution in [3.63, 3.8) is 0 Å². The van der Waals surface area contributed by atoms with Crippen molar-refractivity contribution in [3.05, 3.63) is 11.3 Å². The number of aliphatic hydroxyl groups is 1. The van der Waals surface area contributed by atoms with Gasteiger partial charge >= 0.3 is 0 Å². The predicted octanol–water partition coefficient (Wildman–Crippen LogP) is 0.0355. The molecule has 0 radical (unpaired) electrons. The van der Waals surface area contributed by atoms with Gasteiger partial charge in [-0.1, -0.05) is 0 Å². The average Bonchev–Trinajstić information content (AvgIpc) is 2.71. The second-order valence-electron chi connectivity index (χ2n) is 5.08. The third kappa shape index (κ3) is 3.26. The number of aromatic nitrogens is 2. The Hall–Kier alpha value is -1.11. The molecule has 0 unspecified atom stereocenters. The maximum Gasteiger partial charge on any atom is 0.131 e. The highest BCUT2D eigenvalue weighted by Crippen LogP contribution is 2.24. The lowest BCUT2D eigenvalue weighted by Crippen LogP contribution is -2.38. The molecular weight excluding hydrogens is 244 g/mol. The van der Waals surface area contributed by atoms with Gasteiger partial charge in [0.05, 0.1) is 25.5 Å². The van der Waals surface area contributed by atoms with Crippen molar-refractivity contribution in [1.82, 2.24) is 15.1 Å². The molecule has 1 aromatic heterocycles. The highest BCUT2D eigenvalue weighted by atomic mass is 16.5. The number of rotatable bonds is 5. The van der Waals surface area contributed by atoms with Crippen LogP contribution in [0.5, 0.6) is 0 Å². The van der Waals surface area contributed by atoms with Crippen molar-refractivity contribution in [1.29, 1.82) is 0 Å². The molecular formula is C13H24N4O2. The molecule has 6 heteroatoms. The molecule has 1 fully saturated rings. The number of aryl methyl sites for hydroxylation is 2. The SMILES string of the molecule is Cc1nn(C)c(N2CCOCC2)c1CN[C@@H](C)CO. The summed E-state index contributed by atoms with van der Waals surface area (Å²) in [6.45, 7) is 8.22. The summed E-state index contributed by atoms with van der Waals surface area (Å²) in [5.74, 6) is 1.17. The van der Waals surface area contributed by atoms with Crippen molar-refractivity contribution in [2.45, 2.75) is 26.4 Å². The van der Waals surface area contributed by atoms with E-state index in [1.165, 1.54) is 11.4 Å². The summed E-state index contributed by atoms with van der Waals surface area (Å²) in [5.41, 5.74) is 2.26. The number of nitrogens with zero attached hydrogens (tertiary/aromatic N) is 3. The van der Waals surface area contributed by atoms with Gasteiger partial charge in [0, 0.05) is 38.3 Å². The number of morpholine rings is 1. The number of hydrogen-bond acceptors (Lipinski definition) is 5. The minimum Gasteiger partial charge on any atom is -0.395 e. The van der Waals surface area contributed by atoms with E-state index in [-0.39, 0.29) is 12.6 Å². The fourth-order valence-electron chi connectivity index (χ4n) is 2.41. The minimum absolute atomic E-state index is 0.0946. The van der Waals surface area contributed by atoms with Crippen LogP contribution in [-0.4, -0.2) is 53.8 Å². The number of ether oxygens (including phenoxy) is 1.